The van der Waals surface area contributed by atoms with E-state index in [9.17, 15) is 9.59 Å². The predicted molar refractivity (Wildman–Crippen MR) is 75.6 cm³/mol. The lowest BCUT2D eigenvalue weighted by Gasteiger charge is -2.21. The molecule has 0 bridgehead atoms. The Kier molecular flexibility index (Phi) is 3.80. The molecule has 2 rings (SSSR count). The molecule has 4 heteroatoms. The van der Waals surface area contributed by atoms with E-state index in [2.05, 4.69) is 4.98 Å². The number of amides is 1. The number of carbonyl (C=O) groups excluding carboxylic acids is 1. The van der Waals surface area contributed by atoms with Gasteiger partial charge in [-0.25, -0.2) is 0 Å². The molecule has 0 atom stereocenters. The molecule has 19 heavy (non-hydrogen) atoms. The first-order chi connectivity index (χ1) is 9.11. The molecule has 0 aliphatic heterocycles. The van der Waals surface area contributed by atoms with Gasteiger partial charge >= 0.3 is 0 Å². The summed E-state index contributed by atoms with van der Waals surface area (Å²) in [6.07, 6.45) is 1.49. The monoisotopic (exact) mass is 256 g/mol. The lowest BCUT2D eigenvalue weighted by molar-refractivity contribution is 0.0988. The minimum atomic E-state index is -0.272. The van der Waals surface area contributed by atoms with Crippen LogP contribution in [0.3, 0.4) is 0 Å². The van der Waals surface area contributed by atoms with Gasteiger partial charge in [-0.05, 0) is 37.6 Å². The molecule has 1 heterocycles. The van der Waals surface area contributed by atoms with Crippen LogP contribution in [-0.2, 0) is 0 Å². The maximum absolute atomic E-state index is 12.4. The van der Waals surface area contributed by atoms with Crippen LogP contribution in [-0.4, -0.2) is 17.4 Å². The van der Waals surface area contributed by atoms with Gasteiger partial charge in [0.25, 0.3) is 5.91 Å². The van der Waals surface area contributed by atoms with Crippen molar-refractivity contribution in [3.63, 3.8) is 0 Å². The van der Waals surface area contributed by atoms with Crippen LogP contribution in [0.15, 0.2) is 47.4 Å². The number of rotatable bonds is 3. The minimum absolute atomic E-state index is 0.167. The predicted octanol–water partition coefficient (Wildman–Crippen LogP) is 2.35. The summed E-state index contributed by atoms with van der Waals surface area (Å²) in [5.41, 5.74) is 2.06. The van der Waals surface area contributed by atoms with Gasteiger partial charge in [0.1, 0.15) is 0 Å². The van der Waals surface area contributed by atoms with E-state index in [4.69, 9.17) is 0 Å². The van der Waals surface area contributed by atoms with E-state index in [0.29, 0.717) is 12.1 Å². The van der Waals surface area contributed by atoms with Crippen LogP contribution in [0, 0.1) is 6.92 Å². The Labute approximate surface area is 111 Å². The van der Waals surface area contributed by atoms with Crippen molar-refractivity contribution in [1.82, 2.24) is 4.98 Å². The van der Waals surface area contributed by atoms with Crippen LogP contribution in [0.25, 0.3) is 0 Å². The number of nitrogens with one attached hydrogen (secondary N) is 1. The average molecular weight is 256 g/mol. The van der Waals surface area contributed by atoms with Crippen molar-refractivity contribution in [3.05, 3.63) is 64.1 Å². The zero-order valence-electron chi connectivity index (χ0n) is 11.0. The number of aryl methyl sites for hydroxylation is 1. The van der Waals surface area contributed by atoms with E-state index in [-0.39, 0.29) is 11.5 Å². The second-order valence-corrected chi connectivity index (χ2v) is 4.33. The minimum Gasteiger partial charge on any atom is -0.329 e. The summed E-state index contributed by atoms with van der Waals surface area (Å²) in [6.45, 7) is 4.44. The van der Waals surface area contributed by atoms with Crippen LogP contribution in [0.5, 0.6) is 0 Å². The second-order valence-electron chi connectivity index (χ2n) is 4.33. The smallest absolute Gasteiger partial charge is 0.258 e. The number of hydrogen-bond acceptors (Lipinski definition) is 2. The van der Waals surface area contributed by atoms with Gasteiger partial charge in [0, 0.05) is 30.1 Å². The van der Waals surface area contributed by atoms with Crippen molar-refractivity contribution in [2.75, 3.05) is 11.4 Å². The van der Waals surface area contributed by atoms with Gasteiger partial charge in [-0.2, -0.15) is 0 Å². The van der Waals surface area contributed by atoms with E-state index < -0.39 is 0 Å². The van der Waals surface area contributed by atoms with Crippen molar-refractivity contribution in [2.45, 2.75) is 13.8 Å². The molecule has 1 aromatic heterocycles. The largest absolute Gasteiger partial charge is 0.329 e. The Morgan fingerprint density at radius 1 is 1.26 bits per heavy atom. The molecule has 0 radical (unpaired) electrons. The van der Waals surface area contributed by atoms with Gasteiger partial charge in [-0.3, -0.25) is 9.59 Å². The molecular weight excluding hydrogens is 240 g/mol. The maximum Gasteiger partial charge on any atom is 0.258 e. The van der Waals surface area contributed by atoms with Gasteiger partial charge in [0.15, 0.2) is 0 Å². The summed E-state index contributed by atoms with van der Waals surface area (Å²) in [7, 11) is 0. The molecule has 0 saturated heterocycles. The summed E-state index contributed by atoms with van der Waals surface area (Å²) in [5, 5.41) is 0. The van der Waals surface area contributed by atoms with E-state index in [0.717, 1.165) is 11.3 Å². The number of aromatic nitrogens is 1. The van der Waals surface area contributed by atoms with Crippen molar-refractivity contribution < 1.29 is 4.79 Å². The fourth-order valence-corrected chi connectivity index (χ4v) is 1.97. The van der Waals surface area contributed by atoms with Crippen LogP contribution in [0.4, 0.5) is 5.69 Å². The number of pyridine rings is 1. The standard InChI is InChI=1S/C15H16N2O2/c1-3-17(13-6-4-5-11(2)9-13)15(19)12-7-8-16-14(18)10-12/h4-10H,3H2,1-2H3,(H,16,18). The van der Waals surface area contributed by atoms with E-state index >= 15 is 0 Å². The molecule has 1 aromatic carbocycles. The number of H-pyrrole nitrogens is 1. The second kappa shape index (κ2) is 5.52. The zero-order chi connectivity index (χ0) is 13.8. The quantitative estimate of drug-likeness (QED) is 0.916. The highest BCUT2D eigenvalue weighted by molar-refractivity contribution is 6.05. The van der Waals surface area contributed by atoms with Crippen LogP contribution >= 0.6 is 0 Å². The first-order valence-corrected chi connectivity index (χ1v) is 6.19. The lowest BCUT2D eigenvalue weighted by Crippen LogP contribution is -2.31. The maximum atomic E-state index is 12.4. The highest BCUT2D eigenvalue weighted by atomic mass is 16.2. The number of nitrogens with zero attached hydrogens (tertiary/aromatic N) is 1. The Morgan fingerprint density at radius 2 is 2.05 bits per heavy atom. The zero-order valence-corrected chi connectivity index (χ0v) is 11.0. The number of hydrogen-bond donors (Lipinski definition) is 1. The Morgan fingerprint density at radius 3 is 2.68 bits per heavy atom. The molecule has 98 valence electrons. The fourth-order valence-electron chi connectivity index (χ4n) is 1.97. The third-order valence-electron chi connectivity index (χ3n) is 2.90. The molecule has 4 nitrogen and oxygen atoms in total. The molecule has 0 spiro atoms. The summed E-state index contributed by atoms with van der Waals surface area (Å²) >= 11 is 0. The normalized spacial score (nSPS) is 10.2. The van der Waals surface area contributed by atoms with Crippen molar-refractivity contribution in [3.8, 4) is 0 Å². The number of benzene rings is 1. The molecule has 1 N–H and O–H groups in total. The molecule has 0 unspecified atom stereocenters. The third kappa shape index (κ3) is 2.91. The molecule has 0 fully saturated rings. The molecule has 0 aliphatic carbocycles. The van der Waals surface area contributed by atoms with Crippen LogP contribution < -0.4 is 10.5 Å². The van der Waals surface area contributed by atoms with E-state index in [1.165, 1.54) is 12.3 Å². The molecule has 0 saturated carbocycles. The average Bonchev–Trinajstić information content (AvgIpc) is 2.39. The van der Waals surface area contributed by atoms with Gasteiger partial charge in [-0.1, -0.05) is 12.1 Å². The topological polar surface area (TPSA) is 53.2 Å². The highest BCUT2D eigenvalue weighted by Crippen LogP contribution is 2.17. The van der Waals surface area contributed by atoms with E-state index in [1.54, 1.807) is 11.0 Å². The molecule has 2 aromatic rings. The lowest BCUT2D eigenvalue weighted by atomic mass is 10.1. The SMILES string of the molecule is CCN(C(=O)c1cc[nH]c(=O)c1)c1cccc(C)c1. The van der Waals surface area contributed by atoms with Crippen molar-refractivity contribution >= 4 is 11.6 Å². The van der Waals surface area contributed by atoms with Gasteiger partial charge in [0.05, 0.1) is 0 Å². The van der Waals surface area contributed by atoms with E-state index in [1.807, 2.05) is 38.1 Å². The molecular formula is C15H16N2O2. The first kappa shape index (κ1) is 13.1. The van der Waals surface area contributed by atoms with Gasteiger partial charge in [0.2, 0.25) is 5.56 Å². The highest BCUT2D eigenvalue weighted by Gasteiger charge is 2.16. The molecule has 0 aliphatic rings. The third-order valence-corrected chi connectivity index (χ3v) is 2.90. The summed E-state index contributed by atoms with van der Waals surface area (Å²) in [6, 6.07) is 10.7. The first-order valence-electron chi connectivity index (χ1n) is 6.19. The number of aromatic amines is 1. The fraction of sp³-hybridized carbons (Fsp3) is 0.200. The Balaban J connectivity index is 2.37. The summed E-state index contributed by atoms with van der Waals surface area (Å²) in [4.78, 5) is 27.8. The van der Waals surface area contributed by atoms with Gasteiger partial charge < -0.3 is 9.88 Å². The van der Waals surface area contributed by atoms with Crippen LogP contribution in [0.2, 0.25) is 0 Å². The van der Waals surface area contributed by atoms with Crippen molar-refractivity contribution in [1.29, 1.82) is 0 Å². The van der Waals surface area contributed by atoms with Crippen molar-refractivity contribution in [2.24, 2.45) is 0 Å². The molecule has 1 amide bonds. The Hall–Kier alpha value is -2.36. The Bertz CT molecular complexity index is 646. The number of carbonyl (C=O) groups is 1. The van der Waals surface area contributed by atoms with Crippen LogP contribution in [0.1, 0.15) is 22.8 Å². The summed E-state index contributed by atoms with van der Waals surface area (Å²) in [5.74, 6) is -0.167. The van der Waals surface area contributed by atoms with Gasteiger partial charge in [-0.15, -0.1) is 0 Å². The summed E-state index contributed by atoms with van der Waals surface area (Å²) < 4.78 is 0. The number of anilines is 1.